The molecule has 1 unspecified atom stereocenters. The van der Waals surface area contributed by atoms with E-state index in [4.69, 9.17) is 10.5 Å². The maximum atomic E-state index is 11.6. The Morgan fingerprint density at radius 3 is 2.67 bits per heavy atom. The van der Waals surface area contributed by atoms with Crippen LogP contribution in [0.25, 0.3) is 0 Å². The molecule has 0 saturated carbocycles. The van der Waals surface area contributed by atoms with E-state index < -0.39 is 6.10 Å². The molecule has 0 radical (unpaired) electrons. The van der Waals surface area contributed by atoms with E-state index in [0.717, 1.165) is 24.3 Å². The summed E-state index contributed by atoms with van der Waals surface area (Å²) in [6.45, 7) is 0.240. The molecule has 15 heavy (non-hydrogen) atoms. The lowest BCUT2D eigenvalue weighted by molar-refractivity contribution is -0.131. The van der Waals surface area contributed by atoms with Gasteiger partial charge in [-0.05, 0) is 24.3 Å². The topological polar surface area (TPSA) is 64.3 Å². The molecule has 6 heteroatoms. The van der Waals surface area contributed by atoms with Crippen LogP contribution in [-0.2, 0) is 9.53 Å². The molecule has 4 nitrogen and oxygen atoms in total. The highest BCUT2D eigenvalue weighted by Gasteiger charge is 2.21. The summed E-state index contributed by atoms with van der Waals surface area (Å²) in [5.41, 5.74) is 5.40. The molecule has 1 heterocycles. The zero-order valence-electron chi connectivity index (χ0n) is 8.90. The fourth-order valence-electron chi connectivity index (χ4n) is 1.45. The lowest BCUT2D eigenvalue weighted by Crippen LogP contribution is -2.46. The van der Waals surface area contributed by atoms with Crippen LogP contribution in [0.5, 0.6) is 0 Å². The van der Waals surface area contributed by atoms with E-state index in [9.17, 15) is 4.79 Å². The van der Waals surface area contributed by atoms with Crippen molar-refractivity contribution in [1.29, 1.82) is 0 Å². The second-order valence-corrected chi connectivity index (χ2v) is 4.58. The zero-order valence-corrected chi connectivity index (χ0v) is 10.5. The number of nitrogens with one attached hydrogen (secondary N) is 1. The van der Waals surface area contributed by atoms with Gasteiger partial charge in [-0.15, -0.1) is 12.4 Å². The van der Waals surface area contributed by atoms with Crippen LogP contribution < -0.4 is 11.1 Å². The normalized spacial score (nSPS) is 19.1. The van der Waals surface area contributed by atoms with Crippen LogP contribution in [-0.4, -0.2) is 43.2 Å². The first-order chi connectivity index (χ1) is 6.77. The minimum absolute atomic E-state index is 0. The maximum absolute atomic E-state index is 11.6. The number of ether oxygens (including phenoxy) is 1. The molecular weight excluding hydrogens is 236 g/mol. The van der Waals surface area contributed by atoms with Crippen molar-refractivity contribution < 1.29 is 9.53 Å². The lowest BCUT2D eigenvalue weighted by Gasteiger charge is -2.24. The highest BCUT2D eigenvalue weighted by atomic mass is 35.5. The first-order valence-electron chi connectivity index (χ1n) is 4.89. The van der Waals surface area contributed by atoms with E-state index >= 15 is 0 Å². The second kappa shape index (κ2) is 8.21. The van der Waals surface area contributed by atoms with Crippen molar-refractivity contribution in [1.82, 2.24) is 5.32 Å². The average Bonchev–Trinajstić information content (AvgIpc) is 2.21. The van der Waals surface area contributed by atoms with Crippen LogP contribution in [0.1, 0.15) is 12.8 Å². The number of thioether (sulfide) groups is 1. The molecule has 1 fully saturated rings. The Bertz CT molecular complexity index is 185. The minimum atomic E-state index is -0.496. The highest BCUT2D eigenvalue weighted by molar-refractivity contribution is 7.99. The third-order valence-electron chi connectivity index (χ3n) is 2.36. The van der Waals surface area contributed by atoms with Crippen molar-refractivity contribution in [2.45, 2.75) is 25.0 Å². The Labute approximate surface area is 101 Å². The van der Waals surface area contributed by atoms with E-state index in [-0.39, 0.29) is 24.9 Å². The van der Waals surface area contributed by atoms with E-state index in [1.165, 1.54) is 7.11 Å². The Morgan fingerprint density at radius 1 is 1.60 bits per heavy atom. The van der Waals surface area contributed by atoms with Gasteiger partial charge in [0.2, 0.25) is 0 Å². The molecule has 3 N–H and O–H groups in total. The van der Waals surface area contributed by atoms with Crippen molar-refractivity contribution in [2.75, 3.05) is 25.2 Å². The fraction of sp³-hybridized carbons (Fsp3) is 0.889. The molecule has 0 spiro atoms. The van der Waals surface area contributed by atoms with Gasteiger partial charge in [0.1, 0.15) is 6.10 Å². The highest BCUT2D eigenvalue weighted by Crippen LogP contribution is 2.16. The van der Waals surface area contributed by atoms with E-state index in [1.54, 1.807) is 0 Å². The van der Waals surface area contributed by atoms with Crippen LogP contribution in [0, 0.1) is 0 Å². The van der Waals surface area contributed by atoms with Crippen LogP contribution in [0.15, 0.2) is 0 Å². The predicted octanol–water partition coefficient (Wildman–Crippen LogP) is 0.394. The van der Waals surface area contributed by atoms with Crippen LogP contribution in [0.4, 0.5) is 0 Å². The van der Waals surface area contributed by atoms with Gasteiger partial charge in [0.05, 0.1) is 0 Å². The van der Waals surface area contributed by atoms with Crippen molar-refractivity contribution in [3.63, 3.8) is 0 Å². The van der Waals surface area contributed by atoms with Gasteiger partial charge in [0.15, 0.2) is 0 Å². The van der Waals surface area contributed by atoms with Crippen LogP contribution in [0.3, 0.4) is 0 Å². The monoisotopic (exact) mass is 254 g/mol. The first-order valence-corrected chi connectivity index (χ1v) is 6.04. The molecule has 0 aromatic rings. The Hall–Kier alpha value is 0.0300. The number of halogens is 1. The number of hydrogen-bond acceptors (Lipinski definition) is 4. The Morgan fingerprint density at radius 2 is 2.20 bits per heavy atom. The van der Waals surface area contributed by atoms with Gasteiger partial charge in [-0.2, -0.15) is 11.8 Å². The number of carbonyl (C=O) groups excluding carboxylic acids is 1. The van der Waals surface area contributed by atoms with Gasteiger partial charge in [-0.1, -0.05) is 0 Å². The van der Waals surface area contributed by atoms with E-state index in [2.05, 4.69) is 5.32 Å². The molecular formula is C9H19ClN2O2S. The predicted molar refractivity (Wildman–Crippen MR) is 65.6 cm³/mol. The summed E-state index contributed by atoms with van der Waals surface area (Å²) in [5.74, 6) is 2.18. The summed E-state index contributed by atoms with van der Waals surface area (Å²) in [6, 6.07) is 0.313. The van der Waals surface area contributed by atoms with Gasteiger partial charge in [0, 0.05) is 19.7 Å². The zero-order chi connectivity index (χ0) is 10.4. The molecule has 0 aromatic heterocycles. The molecule has 1 atom stereocenters. The molecule has 1 rings (SSSR count). The third kappa shape index (κ3) is 5.06. The summed E-state index contributed by atoms with van der Waals surface area (Å²) >= 11 is 1.94. The third-order valence-corrected chi connectivity index (χ3v) is 3.41. The minimum Gasteiger partial charge on any atom is -0.370 e. The van der Waals surface area contributed by atoms with Gasteiger partial charge in [0.25, 0.3) is 5.91 Å². The average molecular weight is 255 g/mol. The smallest absolute Gasteiger partial charge is 0.250 e. The summed E-state index contributed by atoms with van der Waals surface area (Å²) in [5, 5.41) is 2.96. The number of methoxy groups -OCH3 is 1. The number of rotatable bonds is 4. The van der Waals surface area contributed by atoms with Crippen LogP contribution >= 0.6 is 24.2 Å². The molecule has 1 aliphatic rings. The second-order valence-electron chi connectivity index (χ2n) is 3.36. The van der Waals surface area contributed by atoms with E-state index in [1.807, 2.05) is 11.8 Å². The van der Waals surface area contributed by atoms with Crippen molar-refractivity contribution in [3.05, 3.63) is 0 Å². The van der Waals surface area contributed by atoms with Gasteiger partial charge in [-0.3, -0.25) is 4.79 Å². The number of amides is 1. The number of hydrogen-bond donors (Lipinski definition) is 2. The quantitative estimate of drug-likeness (QED) is 0.762. The van der Waals surface area contributed by atoms with Gasteiger partial charge >= 0.3 is 0 Å². The summed E-state index contributed by atoms with van der Waals surface area (Å²) in [7, 11) is 1.51. The molecule has 1 aliphatic heterocycles. The summed E-state index contributed by atoms with van der Waals surface area (Å²) < 4.78 is 4.96. The summed E-state index contributed by atoms with van der Waals surface area (Å²) in [4.78, 5) is 11.6. The first kappa shape index (κ1) is 15.0. The summed E-state index contributed by atoms with van der Waals surface area (Å²) in [6.07, 6.45) is 1.61. The lowest BCUT2D eigenvalue weighted by atomic mass is 10.1. The number of carbonyl (C=O) groups is 1. The van der Waals surface area contributed by atoms with Crippen LogP contribution in [0.2, 0.25) is 0 Å². The number of nitrogens with two attached hydrogens (primary N) is 1. The Kier molecular flexibility index (Phi) is 8.23. The fourth-order valence-corrected chi connectivity index (χ4v) is 2.55. The molecule has 0 aliphatic carbocycles. The van der Waals surface area contributed by atoms with Gasteiger partial charge < -0.3 is 15.8 Å². The standard InChI is InChI=1S/C9H18N2O2S.ClH/c1-13-8(6-10)9(12)11-7-2-4-14-5-3-7;/h7-8H,2-6,10H2,1H3,(H,11,12);1H. The SMILES string of the molecule is COC(CN)C(=O)NC1CCSCC1.Cl. The molecule has 1 amide bonds. The largest absolute Gasteiger partial charge is 0.370 e. The Balaban J connectivity index is 0.00000196. The van der Waals surface area contributed by atoms with Gasteiger partial charge in [-0.25, -0.2) is 0 Å². The molecule has 0 bridgehead atoms. The van der Waals surface area contributed by atoms with Crippen molar-refractivity contribution in [3.8, 4) is 0 Å². The van der Waals surface area contributed by atoms with E-state index in [0.29, 0.717) is 6.04 Å². The van der Waals surface area contributed by atoms with Crippen molar-refractivity contribution >= 4 is 30.1 Å². The maximum Gasteiger partial charge on any atom is 0.250 e. The molecule has 0 aromatic carbocycles. The molecule has 90 valence electrons. The van der Waals surface area contributed by atoms with Crippen molar-refractivity contribution in [2.24, 2.45) is 5.73 Å². The molecule has 1 saturated heterocycles.